The van der Waals surface area contributed by atoms with Crippen molar-refractivity contribution in [3.63, 3.8) is 0 Å². The van der Waals surface area contributed by atoms with Crippen LogP contribution in [-0.2, 0) is 23.8 Å². The Balaban J connectivity index is 1.46. The molecule has 1 N–H and O–H groups in total. The van der Waals surface area contributed by atoms with Gasteiger partial charge in [-0.05, 0) is 12.8 Å². The topological polar surface area (TPSA) is 82.1 Å². The molecule has 2 aliphatic carbocycles. The summed E-state index contributed by atoms with van der Waals surface area (Å²) in [5.74, 6) is -1.86. The zero-order chi connectivity index (χ0) is 14.8. The highest BCUT2D eigenvalue weighted by atomic mass is 16.6. The fraction of sp³-hybridized carbons (Fsp3) is 0.867. The number of aliphatic hydroxyl groups excluding tert-OH is 1. The van der Waals surface area contributed by atoms with Gasteiger partial charge in [0.2, 0.25) is 0 Å². The third-order valence-electron chi connectivity index (χ3n) is 5.93. The van der Waals surface area contributed by atoms with Crippen LogP contribution in [0.4, 0.5) is 0 Å². The quantitative estimate of drug-likeness (QED) is 0.742. The molecule has 21 heavy (non-hydrogen) atoms. The SMILES string of the molecule is CCC1(COC(=O)C2C3CC4C(OC(=O)C42)C3O)COC1. The van der Waals surface area contributed by atoms with E-state index < -0.39 is 24.0 Å². The number of ether oxygens (including phenoxy) is 3. The molecule has 4 aliphatic rings. The van der Waals surface area contributed by atoms with Crippen LogP contribution < -0.4 is 0 Å². The number of hydrogen-bond donors (Lipinski definition) is 1. The number of aliphatic hydroxyl groups is 1. The summed E-state index contributed by atoms with van der Waals surface area (Å²) in [6.07, 6.45) is 0.456. The summed E-state index contributed by atoms with van der Waals surface area (Å²) in [5, 5.41) is 10.2. The number of fused-ring (bicyclic) bond motifs is 1. The first-order valence-corrected chi connectivity index (χ1v) is 7.69. The Kier molecular flexibility index (Phi) is 2.85. The van der Waals surface area contributed by atoms with Crippen LogP contribution in [0, 0.1) is 29.1 Å². The highest BCUT2D eigenvalue weighted by Gasteiger charge is 2.68. The van der Waals surface area contributed by atoms with E-state index in [2.05, 4.69) is 6.92 Å². The van der Waals surface area contributed by atoms with Crippen molar-refractivity contribution in [3.05, 3.63) is 0 Å². The van der Waals surface area contributed by atoms with Crippen LogP contribution in [-0.4, -0.2) is 49.1 Å². The van der Waals surface area contributed by atoms with Gasteiger partial charge in [0.15, 0.2) is 0 Å². The molecular weight excluding hydrogens is 276 g/mol. The van der Waals surface area contributed by atoms with Gasteiger partial charge in [-0.2, -0.15) is 0 Å². The van der Waals surface area contributed by atoms with Gasteiger partial charge in [0.05, 0.1) is 36.6 Å². The molecule has 0 aromatic rings. The zero-order valence-electron chi connectivity index (χ0n) is 12.0. The van der Waals surface area contributed by atoms with Gasteiger partial charge >= 0.3 is 11.9 Å². The lowest BCUT2D eigenvalue weighted by molar-refractivity contribution is -0.178. The molecule has 0 spiro atoms. The van der Waals surface area contributed by atoms with Crippen molar-refractivity contribution >= 4 is 11.9 Å². The third kappa shape index (κ3) is 1.72. The van der Waals surface area contributed by atoms with E-state index >= 15 is 0 Å². The summed E-state index contributed by atoms with van der Waals surface area (Å²) in [7, 11) is 0. The summed E-state index contributed by atoms with van der Waals surface area (Å²) in [4.78, 5) is 24.4. The lowest BCUT2D eigenvalue weighted by Crippen LogP contribution is -2.47. The maximum absolute atomic E-state index is 12.4. The van der Waals surface area contributed by atoms with Crippen LogP contribution >= 0.6 is 0 Å². The molecule has 6 nitrogen and oxygen atoms in total. The average Bonchev–Trinajstić information content (AvgIpc) is 3.02. The van der Waals surface area contributed by atoms with E-state index in [0.717, 1.165) is 6.42 Å². The molecule has 0 aromatic carbocycles. The second kappa shape index (κ2) is 4.43. The maximum atomic E-state index is 12.4. The van der Waals surface area contributed by atoms with Crippen molar-refractivity contribution in [2.45, 2.75) is 32.0 Å². The van der Waals surface area contributed by atoms with Crippen LogP contribution in [0.1, 0.15) is 19.8 Å². The zero-order valence-corrected chi connectivity index (χ0v) is 12.0. The normalized spacial score (nSPS) is 45.3. The molecule has 116 valence electrons. The van der Waals surface area contributed by atoms with E-state index in [1.165, 1.54) is 0 Å². The first kappa shape index (κ1) is 13.5. The van der Waals surface area contributed by atoms with Crippen molar-refractivity contribution in [2.24, 2.45) is 29.1 Å². The van der Waals surface area contributed by atoms with E-state index in [0.29, 0.717) is 26.2 Å². The Morgan fingerprint density at radius 2 is 2.19 bits per heavy atom. The predicted octanol–water partition coefficient (Wildman–Crippen LogP) is 0.125. The molecular formula is C15H20O6. The third-order valence-corrected chi connectivity index (χ3v) is 5.93. The van der Waals surface area contributed by atoms with Crippen LogP contribution in [0.3, 0.4) is 0 Å². The fourth-order valence-electron chi connectivity index (χ4n) is 4.44. The molecule has 0 amide bonds. The van der Waals surface area contributed by atoms with E-state index in [1.807, 2.05) is 0 Å². The lowest BCUT2D eigenvalue weighted by Gasteiger charge is -2.40. The van der Waals surface area contributed by atoms with Gasteiger partial charge in [-0.15, -0.1) is 0 Å². The number of carbonyl (C=O) groups excluding carboxylic acids is 2. The van der Waals surface area contributed by atoms with Gasteiger partial charge < -0.3 is 19.3 Å². The second-order valence-electron chi connectivity index (χ2n) is 6.96. The number of rotatable bonds is 4. The first-order chi connectivity index (χ1) is 10.1. The van der Waals surface area contributed by atoms with Gasteiger partial charge in [0.1, 0.15) is 12.7 Å². The number of hydrogen-bond acceptors (Lipinski definition) is 6. The Hall–Kier alpha value is -1.14. The van der Waals surface area contributed by atoms with Gasteiger partial charge in [-0.3, -0.25) is 9.59 Å². The lowest BCUT2D eigenvalue weighted by atomic mass is 9.78. The number of carbonyl (C=O) groups is 2. The molecule has 2 saturated carbocycles. The van der Waals surface area contributed by atoms with Gasteiger partial charge in [-0.25, -0.2) is 0 Å². The van der Waals surface area contributed by atoms with E-state index in [1.54, 1.807) is 0 Å². The highest BCUT2D eigenvalue weighted by molar-refractivity contribution is 5.86. The van der Waals surface area contributed by atoms with Crippen molar-refractivity contribution in [1.82, 2.24) is 0 Å². The van der Waals surface area contributed by atoms with E-state index in [4.69, 9.17) is 14.2 Å². The smallest absolute Gasteiger partial charge is 0.310 e. The van der Waals surface area contributed by atoms with Crippen molar-refractivity contribution in [1.29, 1.82) is 0 Å². The Bertz CT molecular complexity index is 479. The molecule has 6 atom stereocenters. The molecule has 4 rings (SSSR count). The van der Waals surface area contributed by atoms with Crippen LogP contribution in [0.5, 0.6) is 0 Å². The molecule has 2 heterocycles. The summed E-state index contributed by atoms with van der Waals surface area (Å²) in [6.45, 7) is 3.61. The number of esters is 2. The summed E-state index contributed by atoms with van der Waals surface area (Å²) in [6, 6.07) is 0. The minimum absolute atomic E-state index is 0.0118. The second-order valence-corrected chi connectivity index (χ2v) is 6.96. The summed E-state index contributed by atoms with van der Waals surface area (Å²) < 4.78 is 15.9. The molecule has 6 heteroatoms. The van der Waals surface area contributed by atoms with Crippen LogP contribution in [0.15, 0.2) is 0 Å². The maximum Gasteiger partial charge on any atom is 0.310 e. The van der Waals surface area contributed by atoms with E-state index in [-0.39, 0.29) is 29.2 Å². The summed E-state index contributed by atoms with van der Waals surface area (Å²) >= 11 is 0. The van der Waals surface area contributed by atoms with Gasteiger partial charge in [0.25, 0.3) is 0 Å². The largest absolute Gasteiger partial charge is 0.465 e. The molecule has 0 aromatic heterocycles. The van der Waals surface area contributed by atoms with Gasteiger partial charge in [0, 0.05) is 11.8 Å². The molecule has 6 unspecified atom stereocenters. The molecule has 2 aliphatic heterocycles. The molecule has 2 bridgehead atoms. The van der Waals surface area contributed by atoms with Crippen molar-refractivity contribution < 1.29 is 28.9 Å². The summed E-state index contributed by atoms with van der Waals surface area (Å²) in [5.41, 5.74) is -0.0649. The highest BCUT2D eigenvalue weighted by Crippen LogP contribution is 2.58. The van der Waals surface area contributed by atoms with Crippen molar-refractivity contribution in [3.8, 4) is 0 Å². The van der Waals surface area contributed by atoms with Crippen LogP contribution in [0.25, 0.3) is 0 Å². The molecule has 0 radical (unpaired) electrons. The van der Waals surface area contributed by atoms with Crippen LogP contribution in [0.2, 0.25) is 0 Å². The van der Waals surface area contributed by atoms with E-state index in [9.17, 15) is 14.7 Å². The average molecular weight is 296 g/mol. The molecule has 4 fully saturated rings. The predicted molar refractivity (Wildman–Crippen MR) is 69.0 cm³/mol. The minimum atomic E-state index is -0.720. The Morgan fingerprint density at radius 3 is 2.81 bits per heavy atom. The standard InChI is InChI=1S/C15H20O6/c1-2-15(4-19-5-15)6-20-13(17)9-7-3-8-10(9)14(18)21-12(8)11(7)16/h7-12,16H,2-6H2,1H3. The van der Waals surface area contributed by atoms with Gasteiger partial charge in [-0.1, -0.05) is 6.92 Å². The Morgan fingerprint density at radius 1 is 1.43 bits per heavy atom. The first-order valence-electron chi connectivity index (χ1n) is 7.69. The molecule has 2 saturated heterocycles. The fourth-order valence-corrected chi connectivity index (χ4v) is 4.44. The monoisotopic (exact) mass is 296 g/mol. The minimum Gasteiger partial charge on any atom is -0.465 e. The Labute approximate surface area is 122 Å². The van der Waals surface area contributed by atoms with Crippen molar-refractivity contribution in [2.75, 3.05) is 19.8 Å².